The molecule has 0 amide bonds. The number of nitrogens with one attached hydrogen (secondary N) is 1. The van der Waals surface area contributed by atoms with E-state index < -0.39 is 5.66 Å². The fraction of sp³-hybridized carbons (Fsp3) is 0.292. The van der Waals surface area contributed by atoms with Crippen LogP contribution in [-0.2, 0) is 6.42 Å². The molecule has 0 aromatic heterocycles. The SMILES string of the molecule is COc1cc(OC)cc(C2C3N=C4C=NC=CN4C32Nc2ccc3c(c2)CC/C3=N/O)c1. The van der Waals surface area contributed by atoms with E-state index in [9.17, 15) is 5.21 Å². The fourth-order valence-corrected chi connectivity index (χ4v) is 5.27. The third-order valence-electron chi connectivity index (χ3n) is 6.79. The second kappa shape index (κ2) is 6.85. The van der Waals surface area contributed by atoms with E-state index >= 15 is 0 Å². The second-order valence-corrected chi connectivity index (χ2v) is 8.37. The van der Waals surface area contributed by atoms with Crippen LogP contribution in [0.5, 0.6) is 11.5 Å². The van der Waals surface area contributed by atoms with Crippen LogP contribution in [0.25, 0.3) is 0 Å². The lowest BCUT2D eigenvalue weighted by Gasteiger charge is -2.31. The Kier molecular flexibility index (Phi) is 4.05. The number of rotatable bonds is 5. The molecule has 3 atom stereocenters. The molecule has 6 rings (SSSR count). The minimum absolute atomic E-state index is 0.0198. The molecule has 2 aromatic rings. The minimum atomic E-state index is -0.434. The fourth-order valence-electron chi connectivity index (χ4n) is 5.27. The molecule has 2 N–H and O–H groups in total. The van der Waals surface area contributed by atoms with Crippen LogP contribution in [0.4, 0.5) is 5.69 Å². The number of fused-ring (bicyclic) bond motifs is 4. The smallest absolute Gasteiger partial charge is 0.148 e. The third kappa shape index (κ3) is 2.58. The van der Waals surface area contributed by atoms with E-state index in [2.05, 4.69) is 38.6 Å². The van der Waals surface area contributed by atoms with Gasteiger partial charge < -0.3 is 24.9 Å². The van der Waals surface area contributed by atoms with E-state index in [0.29, 0.717) is 0 Å². The van der Waals surface area contributed by atoms with Crippen molar-refractivity contribution in [2.45, 2.75) is 30.5 Å². The summed E-state index contributed by atoms with van der Waals surface area (Å²) in [6.45, 7) is 0. The van der Waals surface area contributed by atoms with Crippen LogP contribution in [0.2, 0.25) is 0 Å². The first-order valence-corrected chi connectivity index (χ1v) is 10.6. The normalized spacial score (nSPS) is 27.6. The number of ether oxygens (including phenoxy) is 2. The van der Waals surface area contributed by atoms with Gasteiger partial charge in [-0.05, 0) is 48.2 Å². The number of amidine groups is 1. The maximum atomic E-state index is 9.25. The van der Waals surface area contributed by atoms with Gasteiger partial charge in [0, 0.05) is 29.7 Å². The predicted molar refractivity (Wildman–Crippen MR) is 122 cm³/mol. The first-order chi connectivity index (χ1) is 15.7. The summed E-state index contributed by atoms with van der Waals surface area (Å²) in [5.41, 5.74) is 4.63. The van der Waals surface area contributed by atoms with Crippen molar-refractivity contribution in [2.24, 2.45) is 15.1 Å². The van der Waals surface area contributed by atoms with Gasteiger partial charge in [0.25, 0.3) is 0 Å². The molecule has 8 heteroatoms. The Balaban J connectivity index is 1.40. The van der Waals surface area contributed by atoms with Gasteiger partial charge in [-0.2, -0.15) is 0 Å². The molecular weight excluding hydrogens is 406 g/mol. The van der Waals surface area contributed by atoms with Gasteiger partial charge in [0.1, 0.15) is 29.0 Å². The number of aliphatic imine (C=N–C) groups is 2. The van der Waals surface area contributed by atoms with Gasteiger partial charge in [-0.25, -0.2) is 0 Å². The Bertz CT molecular complexity index is 1210. The zero-order valence-corrected chi connectivity index (χ0v) is 17.8. The van der Waals surface area contributed by atoms with E-state index in [1.54, 1.807) is 26.6 Å². The van der Waals surface area contributed by atoms with E-state index in [-0.39, 0.29) is 12.0 Å². The van der Waals surface area contributed by atoms with Crippen molar-refractivity contribution in [3.8, 4) is 11.5 Å². The van der Waals surface area contributed by atoms with Crippen LogP contribution >= 0.6 is 0 Å². The molecule has 0 radical (unpaired) electrons. The summed E-state index contributed by atoms with van der Waals surface area (Å²) in [5.74, 6) is 2.47. The number of methoxy groups -OCH3 is 2. The maximum absolute atomic E-state index is 9.25. The largest absolute Gasteiger partial charge is 0.497 e. The summed E-state index contributed by atoms with van der Waals surface area (Å²) in [6.07, 6.45) is 7.20. The van der Waals surface area contributed by atoms with Gasteiger partial charge in [-0.15, -0.1) is 0 Å². The monoisotopic (exact) mass is 429 g/mol. The number of aryl methyl sites for hydroxylation is 1. The highest BCUT2D eigenvalue weighted by atomic mass is 16.5. The van der Waals surface area contributed by atoms with Crippen LogP contribution < -0.4 is 14.8 Å². The van der Waals surface area contributed by atoms with Crippen molar-refractivity contribution in [2.75, 3.05) is 19.5 Å². The summed E-state index contributed by atoms with van der Waals surface area (Å²) in [7, 11) is 3.32. The van der Waals surface area contributed by atoms with Crippen molar-refractivity contribution in [1.29, 1.82) is 0 Å². The molecule has 0 spiro atoms. The molecule has 32 heavy (non-hydrogen) atoms. The van der Waals surface area contributed by atoms with Gasteiger partial charge in [0.05, 0.1) is 32.1 Å². The Morgan fingerprint density at radius 1 is 1.12 bits per heavy atom. The van der Waals surface area contributed by atoms with Crippen LogP contribution in [0.1, 0.15) is 29.0 Å². The van der Waals surface area contributed by atoms with Crippen LogP contribution in [0.15, 0.2) is 63.9 Å². The van der Waals surface area contributed by atoms with Gasteiger partial charge >= 0.3 is 0 Å². The molecule has 2 aliphatic carbocycles. The van der Waals surface area contributed by atoms with E-state index in [4.69, 9.17) is 14.5 Å². The van der Waals surface area contributed by atoms with Crippen molar-refractivity contribution in [3.05, 3.63) is 65.5 Å². The number of benzene rings is 2. The molecule has 1 fully saturated rings. The minimum Gasteiger partial charge on any atom is -0.497 e. The van der Waals surface area contributed by atoms with Crippen molar-refractivity contribution in [3.63, 3.8) is 0 Å². The van der Waals surface area contributed by atoms with Crippen LogP contribution in [-0.4, -0.2) is 53.8 Å². The Labute approximate surface area is 185 Å². The molecular formula is C24H23N5O3. The summed E-state index contributed by atoms with van der Waals surface area (Å²) in [5, 5.41) is 16.5. The average Bonchev–Trinajstić information content (AvgIpc) is 3.12. The van der Waals surface area contributed by atoms with Gasteiger partial charge in [0.2, 0.25) is 0 Å². The second-order valence-electron chi connectivity index (χ2n) is 8.37. The first-order valence-electron chi connectivity index (χ1n) is 10.6. The Morgan fingerprint density at radius 2 is 1.94 bits per heavy atom. The van der Waals surface area contributed by atoms with Crippen LogP contribution in [0, 0.1) is 0 Å². The molecule has 0 bridgehead atoms. The summed E-state index contributed by atoms with van der Waals surface area (Å²) in [6, 6.07) is 12.2. The maximum Gasteiger partial charge on any atom is 0.148 e. The Morgan fingerprint density at radius 3 is 2.69 bits per heavy atom. The van der Waals surface area contributed by atoms with E-state index in [1.165, 1.54) is 5.56 Å². The van der Waals surface area contributed by atoms with Crippen molar-refractivity contribution >= 4 is 23.4 Å². The number of anilines is 1. The van der Waals surface area contributed by atoms with Crippen molar-refractivity contribution < 1.29 is 14.7 Å². The van der Waals surface area contributed by atoms with E-state index in [1.807, 2.05) is 24.4 Å². The molecule has 2 heterocycles. The Hall–Kier alpha value is -3.81. The molecule has 2 aliphatic heterocycles. The highest BCUT2D eigenvalue weighted by Crippen LogP contribution is 2.61. The highest BCUT2D eigenvalue weighted by Gasteiger charge is 2.73. The number of hydrogen-bond acceptors (Lipinski definition) is 8. The molecule has 1 saturated carbocycles. The number of oxime groups is 1. The van der Waals surface area contributed by atoms with Gasteiger partial charge in [-0.1, -0.05) is 11.2 Å². The first kappa shape index (κ1) is 18.9. The highest BCUT2D eigenvalue weighted by molar-refractivity contribution is 6.31. The summed E-state index contributed by atoms with van der Waals surface area (Å²) in [4.78, 5) is 11.4. The zero-order valence-electron chi connectivity index (χ0n) is 17.8. The average molecular weight is 429 g/mol. The molecule has 0 saturated heterocycles. The molecule has 162 valence electrons. The topological polar surface area (TPSA) is 91.0 Å². The summed E-state index contributed by atoms with van der Waals surface area (Å²) < 4.78 is 11.0. The zero-order chi connectivity index (χ0) is 21.9. The lowest BCUT2D eigenvalue weighted by molar-refractivity contribution is 0.318. The van der Waals surface area contributed by atoms with E-state index in [0.717, 1.165) is 52.7 Å². The van der Waals surface area contributed by atoms with Gasteiger partial charge in [-0.3, -0.25) is 9.98 Å². The summed E-state index contributed by atoms with van der Waals surface area (Å²) >= 11 is 0. The quantitative estimate of drug-likeness (QED) is 0.562. The lowest BCUT2D eigenvalue weighted by atomic mass is 10.1. The third-order valence-corrected chi connectivity index (χ3v) is 6.79. The van der Waals surface area contributed by atoms with Crippen molar-refractivity contribution in [1.82, 2.24) is 4.90 Å². The van der Waals surface area contributed by atoms with Crippen LogP contribution in [0.3, 0.4) is 0 Å². The molecule has 8 nitrogen and oxygen atoms in total. The molecule has 4 aliphatic rings. The molecule has 2 aromatic carbocycles. The lowest BCUT2D eigenvalue weighted by Crippen LogP contribution is -2.44. The van der Waals surface area contributed by atoms with Gasteiger partial charge in [0.15, 0.2) is 0 Å². The number of hydrogen-bond donors (Lipinski definition) is 2. The predicted octanol–water partition coefficient (Wildman–Crippen LogP) is 3.37. The molecule has 3 unspecified atom stereocenters. The number of nitrogens with zero attached hydrogens (tertiary/aromatic N) is 4. The standard InChI is InChI=1S/C24H23N5O3/c1-31-17-10-15(11-18(12-17)32-2)22-23-24(22,29-8-7-25-13-21(29)26-23)27-16-4-5-19-14(9-16)3-6-20(19)28-30/h4-5,7-13,22-23,27,30H,3,6H2,1-2H3/b28-20-.